The molecule has 0 N–H and O–H groups in total. The van der Waals surface area contributed by atoms with Gasteiger partial charge in [-0.05, 0) is 12.3 Å². The fraction of sp³-hybridized carbons (Fsp3) is 0. The Kier molecular flexibility index (Phi) is 35.9. The van der Waals surface area contributed by atoms with E-state index >= 15 is 0 Å². The van der Waals surface area contributed by atoms with Crippen molar-refractivity contribution < 1.29 is 60.9 Å². The number of carbonyl (C=O) groups excluding carboxylic acids is 2. The Morgan fingerprint density at radius 2 is 0.800 bits per heavy atom. The third-order valence-corrected chi connectivity index (χ3v) is 0. The molecule has 0 aromatic rings. The maximum atomic E-state index is 8.33. The van der Waals surface area contributed by atoms with Crippen LogP contribution >= 0.6 is 0 Å². The average molecular weight is 231 g/mol. The van der Waals surface area contributed by atoms with Gasteiger partial charge in [0, 0.05) is 0 Å². The number of carbonyl (C=O) groups is 2. The second-order valence-electron chi connectivity index (χ2n) is 0.500. The predicted octanol–water partition coefficient (Wildman–Crippen LogP) is -4.74. The number of hydrogen-bond donors (Lipinski definition) is 0. The summed E-state index contributed by atoms with van der Waals surface area (Å²) in [6, 6.07) is 0. The van der Waals surface area contributed by atoms with Crippen molar-refractivity contribution in [3.8, 4) is 0 Å². The molecule has 0 bridgehead atoms. The first-order chi connectivity index (χ1) is 3.46. The molecule has 0 aliphatic carbocycles. The van der Waals surface area contributed by atoms with Crippen LogP contribution in [0.4, 0.5) is 14.3 Å². The fourth-order valence-corrected chi connectivity index (χ4v) is 0. The van der Waals surface area contributed by atoms with E-state index in [1.807, 2.05) is 0 Å². The van der Waals surface area contributed by atoms with Gasteiger partial charge in [-0.1, -0.05) is 0 Å². The Bertz CT molecular complexity index is 73.7. The van der Waals surface area contributed by atoms with Crippen molar-refractivity contribution in [3.05, 3.63) is 0 Å². The minimum absolute atomic E-state index is 0. The molecule has 0 heterocycles. The van der Waals surface area contributed by atoms with Crippen LogP contribution in [0.3, 0.4) is 0 Å². The summed E-state index contributed by atoms with van der Waals surface area (Å²) in [5, 5.41) is 33.3. The maximum absolute atomic E-state index is 8.33. The van der Waals surface area contributed by atoms with Crippen LogP contribution in [0.5, 0.6) is 0 Å². The molecule has 0 saturated heterocycles. The van der Waals surface area contributed by atoms with Gasteiger partial charge in [-0.2, -0.15) is 0 Å². The van der Waals surface area contributed by atoms with Gasteiger partial charge in [0.1, 0.15) is 0 Å². The maximum Gasteiger partial charge on any atom is 4.00 e. The fourth-order valence-electron chi connectivity index (χ4n) is 0. The van der Waals surface area contributed by atoms with E-state index in [-0.39, 0.29) is 30.9 Å². The first-order valence-electron chi connectivity index (χ1n) is 1.22. The quantitative estimate of drug-likeness (QED) is 0.412. The summed E-state index contributed by atoms with van der Waals surface area (Å²) in [6.45, 7) is 0. The van der Waals surface area contributed by atoms with E-state index in [1.165, 1.54) is 0 Å². The molecular weight excluding hydrogens is 230 g/mol. The van der Waals surface area contributed by atoms with Crippen LogP contribution in [0.15, 0.2) is 0 Å². The molecule has 6 nitrogen and oxygen atoms in total. The largest absolute Gasteiger partial charge is 4.00 e. The van der Waals surface area contributed by atoms with E-state index in [2.05, 4.69) is 0 Å². The van der Waals surface area contributed by atoms with Crippen LogP contribution in [0.1, 0.15) is 0 Å². The van der Waals surface area contributed by atoms with E-state index in [0.29, 0.717) is 0 Å². The third kappa shape index (κ3) is 709. The van der Waals surface area contributed by atoms with Crippen LogP contribution in [-0.4, -0.2) is 12.3 Å². The predicted molar refractivity (Wildman–Crippen MR) is 13.3 cm³/mol. The molecule has 0 aliphatic heterocycles. The van der Waals surface area contributed by atoms with Crippen molar-refractivity contribution in [2.75, 3.05) is 0 Å². The van der Waals surface area contributed by atoms with Gasteiger partial charge >= 0.3 is 26.2 Å². The van der Waals surface area contributed by atoms with Crippen molar-refractivity contribution in [3.63, 3.8) is 0 Å². The minimum Gasteiger partial charge on any atom is -0.652 e. The first-order valence-corrected chi connectivity index (χ1v) is 1.22. The number of hydrogen-bond acceptors (Lipinski definition) is 6. The first kappa shape index (κ1) is 22.8. The molecule has 0 fully saturated rings. The summed E-state index contributed by atoms with van der Waals surface area (Å²) < 4.78 is 0. The Morgan fingerprint density at radius 1 is 0.800 bits per heavy atom. The van der Waals surface area contributed by atoms with Crippen molar-refractivity contribution in [1.82, 2.24) is 0 Å². The van der Waals surface area contributed by atoms with E-state index < -0.39 is 12.3 Å². The van der Waals surface area contributed by atoms with Crippen molar-refractivity contribution in [2.45, 2.75) is 0 Å². The Morgan fingerprint density at radius 3 is 0.800 bits per heavy atom. The van der Waals surface area contributed by atoms with Crippen molar-refractivity contribution in [1.29, 1.82) is 0 Å². The number of rotatable bonds is 0. The van der Waals surface area contributed by atoms with Gasteiger partial charge in [0.2, 0.25) is 0 Å². The molecule has 0 rings (SSSR count). The third-order valence-electron chi connectivity index (χ3n) is 0. The molecule has 0 unspecified atom stereocenters. The van der Waals surface area contributed by atoms with E-state index in [0.717, 1.165) is 0 Å². The monoisotopic (exact) mass is 230 g/mol. The van der Waals surface area contributed by atoms with Crippen LogP contribution in [0.25, 0.3) is 0 Å². The molecule has 0 spiro atoms. The van der Waals surface area contributed by atoms with Crippen molar-refractivity contribution >= 4 is 12.3 Å². The zero-order valence-electron chi connectivity index (χ0n) is 4.36. The van der Waals surface area contributed by atoms with Crippen LogP contribution in [0, 0.1) is 0 Å². The summed E-state index contributed by atoms with van der Waals surface area (Å²) in [5.74, 6) is 0. The van der Waals surface area contributed by atoms with Gasteiger partial charge in [-0.25, -0.2) is 0 Å². The van der Waals surface area contributed by atoms with Gasteiger partial charge < -0.3 is 30.0 Å². The molecule has 8 heteroatoms. The molecule has 0 aromatic heterocycles. The van der Waals surface area contributed by atoms with Crippen LogP contribution < -0.4 is 20.4 Å². The van der Waals surface area contributed by atoms with E-state index in [1.54, 1.807) is 0 Å². The zero-order chi connectivity index (χ0) is 7.15. The van der Waals surface area contributed by atoms with Crippen LogP contribution in [0.2, 0.25) is 0 Å². The van der Waals surface area contributed by atoms with Gasteiger partial charge in [0.05, 0.1) is 0 Å². The Balaban J connectivity index is -0.0000000300. The van der Waals surface area contributed by atoms with Gasteiger partial charge in [0.15, 0.2) is 0 Å². The summed E-state index contributed by atoms with van der Waals surface area (Å²) >= 11 is 0. The van der Waals surface area contributed by atoms with E-state index in [9.17, 15) is 0 Å². The molecule has 10 heavy (non-hydrogen) atoms. The summed E-state index contributed by atoms with van der Waals surface area (Å²) in [5.41, 5.74) is 0. The molecule has 0 atom stereocenters. The number of halogens is 1. The molecule has 56 valence electrons. The second-order valence-corrected chi connectivity index (χ2v) is 0.500. The summed E-state index contributed by atoms with van der Waals surface area (Å²) in [4.78, 5) is 16.7. The summed E-state index contributed by atoms with van der Waals surface area (Å²) in [6.07, 6.45) is -4.67. The molecular formula is C2HFO6Zr. The standard InChI is InChI=1S/2CH2O3.FH.Zr/c2*2-1(3)4;;/h2*(H2,2,3,4);1H;/q;;;+4/p-4. The van der Waals surface area contributed by atoms with Crippen LogP contribution in [-0.2, 0) is 26.2 Å². The zero-order valence-corrected chi connectivity index (χ0v) is 6.82. The smallest absolute Gasteiger partial charge is 0.652 e. The normalized spacial score (nSPS) is 4.80. The van der Waals surface area contributed by atoms with E-state index in [4.69, 9.17) is 30.0 Å². The second kappa shape index (κ2) is 15.8. The van der Waals surface area contributed by atoms with Gasteiger partial charge in [-0.3, -0.25) is 4.70 Å². The Hall–Kier alpha value is -0.647. The topological polar surface area (TPSA) is 126 Å². The molecule has 0 saturated carbocycles. The average Bonchev–Trinajstić information content (AvgIpc) is 1.25. The molecule has 0 amide bonds. The molecule has 0 aromatic carbocycles. The SMILES string of the molecule is F.O=C([O-])[O-].O=C([O-])[O-].[Zr+4]. The number of carboxylic acid groups (broad SMARTS) is 4. The van der Waals surface area contributed by atoms with Gasteiger partial charge in [0.25, 0.3) is 0 Å². The minimum atomic E-state index is -2.33. The Labute approximate surface area is 73.6 Å². The summed E-state index contributed by atoms with van der Waals surface area (Å²) in [7, 11) is 0. The molecule has 0 radical (unpaired) electrons. The van der Waals surface area contributed by atoms with Gasteiger partial charge in [-0.15, -0.1) is 0 Å². The molecule has 0 aliphatic rings. The van der Waals surface area contributed by atoms with Crippen molar-refractivity contribution in [2.24, 2.45) is 0 Å².